The van der Waals surface area contributed by atoms with Gasteiger partial charge in [0.2, 0.25) is 5.01 Å². The molecule has 0 aromatic carbocycles. The maximum Gasteiger partial charge on any atom is 0.284 e. The summed E-state index contributed by atoms with van der Waals surface area (Å²) in [7, 11) is 0. The second-order valence-electron chi connectivity index (χ2n) is 8.83. The summed E-state index contributed by atoms with van der Waals surface area (Å²) < 4.78 is 1.75. The fraction of sp³-hybridized carbons (Fsp3) is 0.333. The fourth-order valence-electron chi connectivity index (χ4n) is 4.17. The van der Waals surface area contributed by atoms with Gasteiger partial charge in [0.1, 0.15) is 6.07 Å². The number of carbonyl (C=O) groups excluding carboxylic acids is 1. The summed E-state index contributed by atoms with van der Waals surface area (Å²) in [4.78, 5) is 19.3. The van der Waals surface area contributed by atoms with Gasteiger partial charge < -0.3 is 15.3 Å². The normalized spacial score (nSPS) is 15.6. The Kier molecular flexibility index (Phi) is 6.15. The lowest BCUT2D eigenvalue weighted by molar-refractivity contribution is 0.0780. The predicted molar refractivity (Wildman–Crippen MR) is 132 cm³/mol. The van der Waals surface area contributed by atoms with E-state index in [1.807, 2.05) is 32.0 Å². The number of aromatic nitrogens is 5. The van der Waals surface area contributed by atoms with Crippen molar-refractivity contribution in [3.8, 4) is 28.0 Å². The first-order chi connectivity index (χ1) is 17.0. The molecule has 1 atom stereocenters. The van der Waals surface area contributed by atoms with Crippen LogP contribution in [0.2, 0.25) is 0 Å². The van der Waals surface area contributed by atoms with E-state index in [4.69, 9.17) is 5.26 Å². The zero-order valence-electron chi connectivity index (χ0n) is 19.3. The van der Waals surface area contributed by atoms with Crippen LogP contribution in [-0.2, 0) is 0 Å². The Bertz CT molecular complexity index is 1440. The number of nitrogens with one attached hydrogen (secondary N) is 1. The Labute approximate surface area is 205 Å². The molecule has 0 bridgehead atoms. The zero-order valence-corrected chi connectivity index (χ0v) is 20.2. The molecule has 1 aliphatic rings. The van der Waals surface area contributed by atoms with Crippen LogP contribution in [-0.4, -0.2) is 66.4 Å². The van der Waals surface area contributed by atoms with Gasteiger partial charge in [-0.05, 0) is 44.5 Å². The number of anilines is 1. The maximum absolute atomic E-state index is 12.9. The lowest BCUT2D eigenvalue weighted by Crippen LogP contribution is -2.29. The third kappa shape index (κ3) is 4.45. The number of rotatable bonds is 6. The van der Waals surface area contributed by atoms with Crippen molar-refractivity contribution in [2.24, 2.45) is 5.92 Å². The van der Waals surface area contributed by atoms with Gasteiger partial charge in [0.25, 0.3) is 5.91 Å². The molecule has 4 aromatic rings. The van der Waals surface area contributed by atoms with E-state index in [2.05, 4.69) is 31.7 Å². The number of likely N-dealkylation sites (tertiary alicyclic amines) is 1. The Morgan fingerprint density at radius 3 is 2.91 bits per heavy atom. The van der Waals surface area contributed by atoms with Gasteiger partial charge in [0, 0.05) is 43.5 Å². The second kappa shape index (κ2) is 9.40. The first kappa shape index (κ1) is 22.9. The topological polar surface area (TPSA) is 132 Å². The smallest absolute Gasteiger partial charge is 0.284 e. The SMILES string of the molecule is CC(C)Nc1cc(-c2ccc3cc(C#N)cnn23)ncc1-c1nnc(C(=O)N2CCC(CO)C2)s1. The number of aliphatic hydroxyl groups is 1. The van der Waals surface area contributed by atoms with Crippen molar-refractivity contribution in [1.29, 1.82) is 5.26 Å². The van der Waals surface area contributed by atoms with Crippen molar-refractivity contribution < 1.29 is 9.90 Å². The molecule has 35 heavy (non-hydrogen) atoms. The molecular formula is C24H24N8O2S. The van der Waals surface area contributed by atoms with Crippen LogP contribution in [0.5, 0.6) is 0 Å². The number of nitriles is 1. The summed E-state index contributed by atoms with van der Waals surface area (Å²) in [6, 6.07) is 9.79. The largest absolute Gasteiger partial charge is 0.396 e. The first-order valence-electron chi connectivity index (χ1n) is 11.4. The van der Waals surface area contributed by atoms with Crippen molar-refractivity contribution in [2.75, 3.05) is 25.0 Å². The van der Waals surface area contributed by atoms with Gasteiger partial charge in [-0.2, -0.15) is 10.4 Å². The number of hydrogen-bond acceptors (Lipinski definition) is 9. The van der Waals surface area contributed by atoms with Gasteiger partial charge in [-0.3, -0.25) is 9.78 Å². The molecule has 1 amide bonds. The van der Waals surface area contributed by atoms with Crippen LogP contribution in [0.25, 0.3) is 27.5 Å². The third-order valence-corrected chi connectivity index (χ3v) is 6.85. The van der Waals surface area contributed by atoms with Crippen LogP contribution in [0.1, 0.15) is 35.6 Å². The van der Waals surface area contributed by atoms with E-state index in [1.54, 1.807) is 21.7 Å². The number of hydrogen-bond donors (Lipinski definition) is 2. The zero-order chi connectivity index (χ0) is 24.5. The van der Waals surface area contributed by atoms with Crippen LogP contribution < -0.4 is 5.32 Å². The van der Waals surface area contributed by atoms with Crippen LogP contribution in [0, 0.1) is 17.2 Å². The van der Waals surface area contributed by atoms with Gasteiger partial charge in [-0.15, -0.1) is 10.2 Å². The molecule has 0 spiro atoms. The number of carbonyl (C=O) groups is 1. The van der Waals surface area contributed by atoms with Gasteiger partial charge in [0.15, 0.2) is 5.01 Å². The van der Waals surface area contributed by atoms with Crippen molar-refractivity contribution in [3.05, 3.63) is 47.2 Å². The van der Waals surface area contributed by atoms with E-state index >= 15 is 0 Å². The van der Waals surface area contributed by atoms with Gasteiger partial charge >= 0.3 is 0 Å². The van der Waals surface area contributed by atoms with E-state index in [1.165, 1.54) is 17.5 Å². The molecule has 1 aliphatic heterocycles. The van der Waals surface area contributed by atoms with Gasteiger partial charge in [-0.1, -0.05) is 11.3 Å². The van der Waals surface area contributed by atoms with Crippen LogP contribution in [0.15, 0.2) is 36.7 Å². The average molecular weight is 489 g/mol. The minimum atomic E-state index is -0.157. The number of nitrogens with zero attached hydrogens (tertiary/aromatic N) is 7. The van der Waals surface area contributed by atoms with Gasteiger partial charge in [0.05, 0.1) is 34.2 Å². The molecule has 11 heteroatoms. The quantitative estimate of drug-likeness (QED) is 0.423. The Balaban J connectivity index is 1.48. The molecule has 2 N–H and O–H groups in total. The van der Waals surface area contributed by atoms with E-state index in [0.29, 0.717) is 34.4 Å². The number of aliphatic hydroxyl groups excluding tert-OH is 1. The number of amides is 1. The van der Waals surface area contributed by atoms with Crippen LogP contribution in [0.4, 0.5) is 5.69 Å². The number of pyridine rings is 1. The van der Waals surface area contributed by atoms with Crippen molar-refractivity contribution in [1.82, 2.24) is 29.7 Å². The Morgan fingerprint density at radius 2 is 2.17 bits per heavy atom. The third-order valence-electron chi connectivity index (χ3n) is 5.91. The molecular weight excluding hydrogens is 464 g/mol. The molecule has 178 valence electrons. The standard InChI is InChI=1S/C24H24N8O2S/c1-14(2)28-19-8-20(21-4-3-17-7-16(9-25)10-27-32(17)21)26-11-18(19)22-29-30-23(35-22)24(34)31-6-5-15(12-31)13-33/h3-4,7-8,10-11,14-15,33H,5-6,12-13H2,1-2H3,(H,26,28). The number of fused-ring (bicyclic) bond motifs is 1. The predicted octanol–water partition coefficient (Wildman–Crippen LogP) is 3.06. The van der Waals surface area contributed by atoms with E-state index < -0.39 is 0 Å². The first-order valence-corrected chi connectivity index (χ1v) is 12.2. The van der Waals surface area contributed by atoms with Crippen LogP contribution >= 0.6 is 11.3 Å². The molecule has 4 aromatic heterocycles. The molecule has 1 unspecified atom stereocenters. The molecule has 1 fully saturated rings. The lowest BCUT2D eigenvalue weighted by atomic mass is 10.1. The van der Waals surface area contributed by atoms with E-state index in [-0.39, 0.29) is 24.5 Å². The summed E-state index contributed by atoms with van der Waals surface area (Å²) in [6.45, 7) is 5.32. The van der Waals surface area contributed by atoms with Crippen molar-refractivity contribution >= 4 is 28.4 Å². The van der Waals surface area contributed by atoms with E-state index in [0.717, 1.165) is 28.9 Å². The second-order valence-corrected chi connectivity index (χ2v) is 9.80. The summed E-state index contributed by atoms with van der Waals surface area (Å²) in [5.74, 6) is -0.0360. The maximum atomic E-state index is 12.9. The van der Waals surface area contributed by atoms with Gasteiger partial charge in [-0.25, -0.2) is 4.52 Å². The summed E-state index contributed by atoms with van der Waals surface area (Å²) in [5, 5.41) is 35.7. The monoisotopic (exact) mass is 488 g/mol. The molecule has 1 saturated heterocycles. The highest BCUT2D eigenvalue weighted by Gasteiger charge is 2.29. The highest BCUT2D eigenvalue weighted by Crippen LogP contribution is 2.34. The fourth-order valence-corrected chi connectivity index (χ4v) is 5.01. The Hall–Kier alpha value is -3.88. The minimum absolute atomic E-state index is 0.0827. The highest BCUT2D eigenvalue weighted by molar-refractivity contribution is 7.16. The van der Waals surface area contributed by atoms with E-state index in [9.17, 15) is 9.90 Å². The summed E-state index contributed by atoms with van der Waals surface area (Å²) >= 11 is 1.24. The molecule has 0 radical (unpaired) electrons. The molecule has 0 saturated carbocycles. The van der Waals surface area contributed by atoms with Crippen molar-refractivity contribution in [3.63, 3.8) is 0 Å². The lowest BCUT2D eigenvalue weighted by Gasteiger charge is -2.15. The molecule has 0 aliphatic carbocycles. The minimum Gasteiger partial charge on any atom is -0.396 e. The Morgan fingerprint density at radius 1 is 1.31 bits per heavy atom. The van der Waals surface area contributed by atoms with Crippen molar-refractivity contribution in [2.45, 2.75) is 26.3 Å². The summed E-state index contributed by atoms with van der Waals surface area (Å²) in [5.41, 5.74) is 4.39. The molecule has 5 heterocycles. The highest BCUT2D eigenvalue weighted by atomic mass is 32.1. The molecule has 10 nitrogen and oxygen atoms in total. The molecule has 5 rings (SSSR count). The average Bonchev–Trinajstić information content (AvgIpc) is 3.62. The van der Waals surface area contributed by atoms with Crippen LogP contribution in [0.3, 0.4) is 0 Å². The summed E-state index contributed by atoms with van der Waals surface area (Å²) in [6.07, 6.45) is 4.05.